The molecule has 2 aromatic carbocycles. The lowest BCUT2D eigenvalue weighted by Crippen LogP contribution is -2.13. The quantitative estimate of drug-likeness (QED) is 0.722. The minimum atomic E-state index is -0.160. The van der Waals surface area contributed by atoms with Gasteiger partial charge in [-0.15, -0.1) is 0 Å². The van der Waals surface area contributed by atoms with E-state index in [0.717, 1.165) is 5.56 Å². The normalized spacial score (nSPS) is 10.5. The first-order valence-corrected chi connectivity index (χ1v) is 8.05. The van der Waals surface area contributed by atoms with E-state index in [9.17, 15) is 4.79 Å². The van der Waals surface area contributed by atoms with Crippen molar-refractivity contribution in [2.75, 3.05) is 12.4 Å². The van der Waals surface area contributed by atoms with Crippen molar-refractivity contribution in [1.82, 2.24) is 10.1 Å². The van der Waals surface area contributed by atoms with Crippen LogP contribution in [-0.2, 0) is 11.2 Å². The Balaban J connectivity index is 1.59. The fourth-order valence-corrected chi connectivity index (χ4v) is 2.47. The second-order valence-electron chi connectivity index (χ2n) is 5.27. The zero-order valence-electron chi connectivity index (χ0n) is 13.5. The first-order valence-electron chi connectivity index (χ1n) is 7.67. The fourth-order valence-electron chi connectivity index (χ4n) is 2.28. The molecule has 1 heterocycles. The molecule has 0 bridgehead atoms. The number of carbonyl (C=O) groups is 1. The van der Waals surface area contributed by atoms with Gasteiger partial charge in [-0.05, 0) is 24.3 Å². The number of hydrogen-bond donors (Lipinski definition) is 1. The number of hydrogen-bond acceptors (Lipinski definition) is 5. The maximum Gasteiger partial charge on any atom is 0.227 e. The molecule has 0 aliphatic carbocycles. The largest absolute Gasteiger partial charge is 0.495 e. The summed E-state index contributed by atoms with van der Waals surface area (Å²) in [4.78, 5) is 16.4. The van der Waals surface area contributed by atoms with Crippen molar-refractivity contribution in [3.05, 3.63) is 59.4 Å². The Kier molecular flexibility index (Phi) is 5.30. The van der Waals surface area contributed by atoms with Crippen molar-refractivity contribution in [2.24, 2.45) is 0 Å². The van der Waals surface area contributed by atoms with E-state index in [1.165, 1.54) is 0 Å². The van der Waals surface area contributed by atoms with Gasteiger partial charge in [0.25, 0.3) is 0 Å². The Morgan fingerprint density at radius 2 is 2.08 bits per heavy atom. The van der Waals surface area contributed by atoms with Crippen LogP contribution in [-0.4, -0.2) is 23.2 Å². The smallest absolute Gasteiger partial charge is 0.227 e. The predicted octanol–water partition coefficient (Wildman–Crippen LogP) is 3.97. The predicted molar refractivity (Wildman–Crippen MR) is 94.7 cm³/mol. The molecule has 1 aromatic heterocycles. The number of aryl methyl sites for hydroxylation is 1. The molecule has 3 aromatic rings. The van der Waals surface area contributed by atoms with Gasteiger partial charge in [-0.25, -0.2) is 0 Å². The second-order valence-corrected chi connectivity index (χ2v) is 5.71. The molecule has 0 saturated carbocycles. The van der Waals surface area contributed by atoms with E-state index in [1.807, 2.05) is 24.3 Å². The highest BCUT2D eigenvalue weighted by Crippen LogP contribution is 2.23. The summed E-state index contributed by atoms with van der Waals surface area (Å²) < 4.78 is 10.4. The molecule has 25 heavy (non-hydrogen) atoms. The molecule has 7 heteroatoms. The standard InChI is InChI=1S/C18H16ClN3O3/c1-24-15-8-3-2-7-14(15)20-16(23)9-10-17-21-18(22-25-17)12-5-4-6-13(19)11-12/h2-8,11H,9-10H2,1H3,(H,20,23). The summed E-state index contributed by atoms with van der Waals surface area (Å²) in [6.45, 7) is 0. The molecular weight excluding hydrogens is 342 g/mol. The Labute approximate surface area is 149 Å². The van der Waals surface area contributed by atoms with Crippen LogP contribution in [0.3, 0.4) is 0 Å². The third kappa shape index (κ3) is 4.36. The van der Waals surface area contributed by atoms with Gasteiger partial charge in [-0.3, -0.25) is 4.79 Å². The molecule has 0 saturated heterocycles. The third-order valence-corrected chi connectivity index (χ3v) is 3.73. The number of carbonyl (C=O) groups excluding carboxylic acids is 1. The summed E-state index contributed by atoms with van der Waals surface area (Å²) in [6.07, 6.45) is 0.559. The van der Waals surface area contributed by atoms with Gasteiger partial charge in [-0.2, -0.15) is 4.98 Å². The van der Waals surface area contributed by atoms with Crippen LogP contribution in [0.1, 0.15) is 12.3 Å². The van der Waals surface area contributed by atoms with E-state index < -0.39 is 0 Å². The number of aromatic nitrogens is 2. The molecule has 0 aliphatic rings. The van der Waals surface area contributed by atoms with Crippen molar-refractivity contribution in [2.45, 2.75) is 12.8 Å². The summed E-state index contributed by atoms with van der Waals surface area (Å²) in [5, 5.41) is 7.32. The lowest BCUT2D eigenvalue weighted by atomic mass is 10.2. The highest BCUT2D eigenvalue weighted by Gasteiger charge is 2.12. The Morgan fingerprint density at radius 1 is 1.24 bits per heavy atom. The molecule has 1 N–H and O–H groups in total. The number of anilines is 1. The third-order valence-electron chi connectivity index (χ3n) is 3.50. The first-order chi connectivity index (χ1) is 12.2. The summed E-state index contributed by atoms with van der Waals surface area (Å²) in [7, 11) is 1.56. The number of para-hydroxylation sites is 2. The van der Waals surface area contributed by atoms with E-state index in [1.54, 1.807) is 31.4 Å². The van der Waals surface area contributed by atoms with Crippen LogP contribution in [0.15, 0.2) is 53.1 Å². The zero-order chi connectivity index (χ0) is 17.6. The number of ether oxygens (including phenoxy) is 1. The van der Waals surface area contributed by atoms with Crippen LogP contribution in [0.2, 0.25) is 5.02 Å². The van der Waals surface area contributed by atoms with Gasteiger partial charge in [0.15, 0.2) is 0 Å². The molecule has 6 nitrogen and oxygen atoms in total. The molecule has 0 unspecified atom stereocenters. The van der Waals surface area contributed by atoms with Crippen molar-refractivity contribution in [1.29, 1.82) is 0 Å². The van der Waals surface area contributed by atoms with Crippen LogP contribution in [0.5, 0.6) is 5.75 Å². The van der Waals surface area contributed by atoms with E-state index in [0.29, 0.717) is 34.6 Å². The summed E-state index contributed by atoms with van der Waals surface area (Å²) in [5.74, 6) is 1.29. The summed E-state index contributed by atoms with van der Waals surface area (Å²) in [6, 6.07) is 14.4. The first kappa shape index (κ1) is 17.0. The highest BCUT2D eigenvalue weighted by atomic mass is 35.5. The number of amides is 1. The van der Waals surface area contributed by atoms with Crippen molar-refractivity contribution in [3.63, 3.8) is 0 Å². The SMILES string of the molecule is COc1ccccc1NC(=O)CCc1nc(-c2cccc(Cl)c2)no1. The minimum absolute atomic E-state index is 0.160. The molecule has 3 rings (SSSR count). The minimum Gasteiger partial charge on any atom is -0.495 e. The van der Waals surface area contributed by atoms with Crippen LogP contribution in [0.4, 0.5) is 5.69 Å². The average Bonchev–Trinajstić information content (AvgIpc) is 3.09. The molecular formula is C18H16ClN3O3. The second kappa shape index (κ2) is 7.81. The Bertz CT molecular complexity index is 879. The number of rotatable bonds is 6. The van der Waals surface area contributed by atoms with Crippen molar-refractivity contribution in [3.8, 4) is 17.1 Å². The van der Waals surface area contributed by atoms with E-state index in [4.69, 9.17) is 20.9 Å². The van der Waals surface area contributed by atoms with Gasteiger partial charge < -0.3 is 14.6 Å². The number of halogens is 1. The van der Waals surface area contributed by atoms with Gasteiger partial charge >= 0.3 is 0 Å². The van der Waals surface area contributed by atoms with E-state index >= 15 is 0 Å². The Morgan fingerprint density at radius 3 is 2.88 bits per heavy atom. The van der Waals surface area contributed by atoms with Gasteiger partial charge in [0.1, 0.15) is 5.75 Å². The summed E-state index contributed by atoms with van der Waals surface area (Å²) >= 11 is 5.96. The average molecular weight is 358 g/mol. The zero-order valence-corrected chi connectivity index (χ0v) is 14.3. The lowest BCUT2D eigenvalue weighted by Gasteiger charge is -2.08. The molecule has 0 aliphatic heterocycles. The number of methoxy groups -OCH3 is 1. The molecule has 128 valence electrons. The molecule has 0 fully saturated rings. The van der Waals surface area contributed by atoms with Crippen LogP contribution < -0.4 is 10.1 Å². The van der Waals surface area contributed by atoms with Crippen molar-refractivity contribution < 1.29 is 14.1 Å². The van der Waals surface area contributed by atoms with Gasteiger partial charge in [0.2, 0.25) is 17.6 Å². The topological polar surface area (TPSA) is 77.2 Å². The molecule has 0 atom stereocenters. The number of nitrogens with one attached hydrogen (secondary N) is 1. The fraction of sp³-hybridized carbons (Fsp3) is 0.167. The van der Waals surface area contributed by atoms with Crippen LogP contribution in [0, 0.1) is 0 Å². The van der Waals surface area contributed by atoms with Gasteiger partial charge in [0, 0.05) is 23.4 Å². The maximum atomic E-state index is 12.1. The van der Waals surface area contributed by atoms with Crippen LogP contribution >= 0.6 is 11.6 Å². The van der Waals surface area contributed by atoms with E-state index in [-0.39, 0.29) is 12.3 Å². The molecule has 1 amide bonds. The maximum absolute atomic E-state index is 12.1. The van der Waals surface area contributed by atoms with Crippen molar-refractivity contribution >= 4 is 23.2 Å². The van der Waals surface area contributed by atoms with Crippen LogP contribution in [0.25, 0.3) is 11.4 Å². The Hall–Kier alpha value is -2.86. The lowest BCUT2D eigenvalue weighted by molar-refractivity contribution is -0.116. The highest BCUT2D eigenvalue weighted by molar-refractivity contribution is 6.30. The van der Waals surface area contributed by atoms with E-state index in [2.05, 4.69) is 15.5 Å². The number of nitrogens with zero attached hydrogens (tertiary/aromatic N) is 2. The van der Waals surface area contributed by atoms with Gasteiger partial charge in [0.05, 0.1) is 12.8 Å². The monoisotopic (exact) mass is 357 g/mol. The number of benzene rings is 2. The molecule has 0 spiro atoms. The van der Waals surface area contributed by atoms with Gasteiger partial charge in [-0.1, -0.05) is 41.0 Å². The summed E-state index contributed by atoms with van der Waals surface area (Å²) in [5.41, 5.74) is 1.39. The molecule has 0 radical (unpaired) electrons.